The van der Waals surface area contributed by atoms with E-state index in [4.69, 9.17) is 4.52 Å². The second-order valence-corrected chi connectivity index (χ2v) is 6.61. The lowest BCUT2D eigenvalue weighted by atomic mass is 10.0. The highest BCUT2D eigenvalue weighted by Crippen LogP contribution is 2.28. The fourth-order valence-corrected chi connectivity index (χ4v) is 3.27. The average Bonchev–Trinajstić information content (AvgIpc) is 3.28. The number of aromatic nitrogens is 1. The van der Waals surface area contributed by atoms with E-state index in [9.17, 15) is 9.59 Å². The molecule has 0 aliphatic carbocycles. The van der Waals surface area contributed by atoms with Crippen LogP contribution in [-0.4, -0.2) is 28.9 Å². The maximum Gasteiger partial charge on any atom is 0.252 e. The number of fused-ring (bicyclic) bond motifs is 1. The molecule has 1 N–H and O–H groups in total. The number of hydrogen-bond acceptors (Lipinski definition) is 4. The first kappa shape index (κ1) is 17.0. The Hall–Kier alpha value is -3.41. The minimum Gasteiger partial charge on any atom is -0.359 e. The molecule has 1 aliphatic rings. The Balaban J connectivity index is 1.41. The molecule has 0 saturated heterocycles. The van der Waals surface area contributed by atoms with E-state index in [0.717, 1.165) is 16.8 Å². The first-order valence-corrected chi connectivity index (χ1v) is 8.76. The van der Waals surface area contributed by atoms with Gasteiger partial charge in [0.2, 0.25) is 5.91 Å². The van der Waals surface area contributed by atoms with Gasteiger partial charge >= 0.3 is 0 Å². The molecule has 4 rings (SSSR count). The van der Waals surface area contributed by atoms with E-state index in [1.165, 1.54) is 0 Å². The lowest BCUT2D eigenvalue weighted by Gasteiger charge is -2.18. The molecule has 3 aromatic rings. The van der Waals surface area contributed by atoms with Gasteiger partial charge in [0, 0.05) is 24.2 Å². The van der Waals surface area contributed by atoms with Crippen LogP contribution in [0.1, 0.15) is 34.1 Å². The van der Waals surface area contributed by atoms with Crippen molar-refractivity contribution < 1.29 is 14.1 Å². The van der Waals surface area contributed by atoms with Crippen molar-refractivity contribution in [1.82, 2.24) is 15.4 Å². The van der Waals surface area contributed by atoms with Crippen molar-refractivity contribution in [2.75, 3.05) is 7.05 Å². The van der Waals surface area contributed by atoms with E-state index in [-0.39, 0.29) is 24.3 Å². The van der Waals surface area contributed by atoms with Crippen LogP contribution >= 0.6 is 0 Å². The Bertz CT molecular complexity index is 981. The highest BCUT2D eigenvalue weighted by molar-refractivity contribution is 5.99. The molecule has 2 heterocycles. The number of nitrogens with one attached hydrogen (secondary N) is 1. The molecule has 0 bridgehead atoms. The summed E-state index contributed by atoms with van der Waals surface area (Å²) in [7, 11) is 1.72. The van der Waals surface area contributed by atoms with E-state index in [1.807, 2.05) is 54.6 Å². The molecule has 6 nitrogen and oxygen atoms in total. The van der Waals surface area contributed by atoms with Crippen LogP contribution in [0.2, 0.25) is 0 Å². The van der Waals surface area contributed by atoms with Gasteiger partial charge < -0.3 is 14.7 Å². The van der Waals surface area contributed by atoms with E-state index < -0.39 is 0 Å². The Labute approximate surface area is 156 Å². The smallest absolute Gasteiger partial charge is 0.252 e. The van der Waals surface area contributed by atoms with Crippen LogP contribution in [0.5, 0.6) is 0 Å². The molecule has 0 fully saturated rings. The van der Waals surface area contributed by atoms with Crippen molar-refractivity contribution in [3.8, 4) is 11.3 Å². The number of amides is 2. The number of carbonyl (C=O) groups is 2. The van der Waals surface area contributed by atoms with Gasteiger partial charge in [-0.05, 0) is 11.6 Å². The van der Waals surface area contributed by atoms with Crippen molar-refractivity contribution in [3.05, 3.63) is 77.6 Å². The third kappa shape index (κ3) is 3.46. The zero-order valence-electron chi connectivity index (χ0n) is 14.9. The first-order valence-electron chi connectivity index (χ1n) is 8.76. The third-order valence-electron chi connectivity index (χ3n) is 4.71. The zero-order chi connectivity index (χ0) is 18.8. The maximum atomic E-state index is 12.6. The molecule has 1 unspecified atom stereocenters. The predicted octanol–water partition coefficient (Wildman–Crippen LogP) is 3.17. The van der Waals surface area contributed by atoms with E-state index in [0.29, 0.717) is 17.9 Å². The Kier molecular flexibility index (Phi) is 4.46. The van der Waals surface area contributed by atoms with Gasteiger partial charge in [-0.3, -0.25) is 9.59 Å². The summed E-state index contributed by atoms with van der Waals surface area (Å²) in [4.78, 5) is 26.2. The molecule has 1 atom stereocenters. The number of nitrogens with zero attached hydrogens (tertiary/aromatic N) is 2. The molecule has 0 saturated carbocycles. The summed E-state index contributed by atoms with van der Waals surface area (Å²) < 4.78 is 5.37. The molecule has 0 radical (unpaired) electrons. The Morgan fingerprint density at radius 2 is 1.89 bits per heavy atom. The standard InChI is InChI=1S/C21H19N3O3/c1-24(13-15-11-18(23-27-15)14-7-3-2-4-8-14)20(25)12-19-16-9-5-6-10-17(16)21(26)22-19/h2-11,19H,12-13H2,1H3,(H,22,26). The quantitative estimate of drug-likeness (QED) is 0.757. The molecule has 27 heavy (non-hydrogen) atoms. The summed E-state index contributed by atoms with van der Waals surface area (Å²) in [6.07, 6.45) is 0.207. The van der Waals surface area contributed by atoms with E-state index >= 15 is 0 Å². The molecule has 6 heteroatoms. The van der Waals surface area contributed by atoms with Crippen LogP contribution in [0.3, 0.4) is 0 Å². The van der Waals surface area contributed by atoms with Crippen LogP contribution in [0.15, 0.2) is 65.2 Å². The van der Waals surface area contributed by atoms with Gasteiger partial charge in [0.05, 0.1) is 19.0 Å². The van der Waals surface area contributed by atoms with E-state index in [1.54, 1.807) is 18.0 Å². The number of hydrogen-bond donors (Lipinski definition) is 1. The van der Waals surface area contributed by atoms with Gasteiger partial charge in [-0.15, -0.1) is 0 Å². The normalized spacial score (nSPS) is 15.3. The van der Waals surface area contributed by atoms with Gasteiger partial charge in [0.1, 0.15) is 5.69 Å². The molecular formula is C21H19N3O3. The van der Waals surface area contributed by atoms with Crippen LogP contribution in [-0.2, 0) is 11.3 Å². The van der Waals surface area contributed by atoms with Gasteiger partial charge in [-0.2, -0.15) is 0 Å². The fourth-order valence-electron chi connectivity index (χ4n) is 3.27. The maximum absolute atomic E-state index is 12.6. The van der Waals surface area contributed by atoms with Crippen LogP contribution in [0, 0.1) is 0 Å². The zero-order valence-corrected chi connectivity index (χ0v) is 14.9. The van der Waals surface area contributed by atoms with E-state index in [2.05, 4.69) is 10.5 Å². The molecule has 1 aromatic heterocycles. The second-order valence-electron chi connectivity index (χ2n) is 6.61. The summed E-state index contributed by atoms with van der Waals surface area (Å²) in [6, 6.07) is 18.6. The molecular weight excluding hydrogens is 342 g/mol. The molecule has 2 amide bonds. The summed E-state index contributed by atoms with van der Waals surface area (Å²) in [5, 5.41) is 6.94. The molecule has 1 aliphatic heterocycles. The van der Waals surface area contributed by atoms with Crippen molar-refractivity contribution >= 4 is 11.8 Å². The van der Waals surface area contributed by atoms with Gasteiger partial charge in [-0.1, -0.05) is 53.7 Å². The largest absolute Gasteiger partial charge is 0.359 e. The second kappa shape index (κ2) is 7.07. The van der Waals surface area contributed by atoms with Crippen molar-refractivity contribution in [3.63, 3.8) is 0 Å². The Morgan fingerprint density at radius 3 is 2.70 bits per heavy atom. The highest BCUT2D eigenvalue weighted by atomic mass is 16.5. The fraction of sp³-hybridized carbons (Fsp3) is 0.190. The monoisotopic (exact) mass is 361 g/mol. The average molecular weight is 361 g/mol. The molecule has 0 spiro atoms. The number of benzene rings is 2. The SMILES string of the molecule is CN(Cc1cc(-c2ccccc2)no1)C(=O)CC1NC(=O)c2ccccc21. The lowest BCUT2D eigenvalue weighted by molar-refractivity contribution is -0.131. The third-order valence-corrected chi connectivity index (χ3v) is 4.71. The Morgan fingerprint density at radius 1 is 1.15 bits per heavy atom. The van der Waals surface area contributed by atoms with Gasteiger partial charge in [0.25, 0.3) is 5.91 Å². The highest BCUT2D eigenvalue weighted by Gasteiger charge is 2.30. The van der Waals surface area contributed by atoms with Gasteiger partial charge in [-0.25, -0.2) is 0 Å². The first-order chi connectivity index (χ1) is 13.1. The topological polar surface area (TPSA) is 75.4 Å². The summed E-state index contributed by atoms with van der Waals surface area (Å²) in [5.74, 6) is 0.406. The summed E-state index contributed by atoms with van der Waals surface area (Å²) >= 11 is 0. The minimum atomic E-state index is -0.293. The summed E-state index contributed by atoms with van der Waals surface area (Å²) in [6.45, 7) is 0.320. The molecule has 136 valence electrons. The lowest BCUT2D eigenvalue weighted by Crippen LogP contribution is -2.30. The summed E-state index contributed by atoms with van der Waals surface area (Å²) in [5.41, 5.74) is 3.21. The van der Waals surface area contributed by atoms with Crippen LogP contribution in [0.25, 0.3) is 11.3 Å². The van der Waals surface area contributed by atoms with Crippen molar-refractivity contribution in [1.29, 1.82) is 0 Å². The van der Waals surface area contributed by atoms with Crippen molar-refractivity contribution in [2.24, 2.45) is 0 Å². The van der Waals surface area contributed by atoms with Gasteiger partial charge in [0.15, 0.2) is 5.76 Å². The predicted molar refractivity (Wildman–Crippen MR) is 99.7 cm³/mol. The minimum absolute atomic E-state index is 0.0744. The van der Waals surface area contributed by atoms with Crippen LogP contribution in [0.4, 0.5) is 0 Å². The molecule has 2 aromatic carbocycles. The number of rotatable bonds is 5. The van der Waals surface area contributed by atoms with Crippen LogP contribution < -0.4 is 5.32 Å². The number of carbonyl (C=O) groups excluding carboxylic acids is 2. The van der Waals surface area contributed by atoms with Crippen molar-refractivity contribution in [2.45, 2.75) is 19.0 Å².